The summed E-state index contributed by atoms with van der Waals surface area (Å²) < 4.78 is 39.3. The minimum absolute atomic E-state index is 0.275. The number of sulfone groups is 1. The second-order valence-electron chi connectivity index (χ2n) is 6.52. The van der Waals surface area contributed by atoms with Crippen molar-refractivity contribution >= 4 is 26.3 Å². The normalized spacial score (nSPS) is 15.2. The van der Waals surface area contributed by atoms with Crippen LogP contribution in [0.1, 0.15) is 12.0 Å². The molecule has 0 amide bonds. The molecule has 0 saturated carbocycles. The fraction of sp³-hybridized carbons (Fsp3) is 0.200. The summed E-state index contributed by atoms with van der Waals surface area (Å²) in [5.41, 5.74) is 3.92. The van der Waals surface area contributed by atoms with Gasteiger partial charge in [0, 0.05) is 35.6 Å². The standard InChI is InChI=1S/C20H19FN2O2S/c1-26(24,25)17-6-7-18-19(14-8-10-22-11-9-14)13-23(20(18)12-17)16-4-2-15(21)3-5-16/h2-8,12-13,22H,9-11H2,1H3. The van der Waals surface area contributed by atoms with Gasteiger partial charge in [0.1, 0.15) is 5.82 Å². The molecule has 0 saturated heterocycles. The van der Waals surface area contributed by atoms with Crippen molar-refractivity contribution in [2.24, 2.45) is 0 Å². The van der Waals surface area contributed by atoms with E-state index in [0.29, 0.717) is 0 Å². The number of nitrogens with zero attached hydrogens (tertiary/aromatic N) is 1. The van der Waals surface area contributed by atoms with Gasteiger partial charge in [0.15, 0.2) is 9.84 Å². The van der Waals surface area contributed by atoms with E-state index in [0.717, 1.165) is 41.7 Å². The molecular formula is C20H19FN2O2S. The van der Waals surface area contributed by atoms with E-state index in [-0.39, 0.29) is 10.7 Å². The summed E-state index contributed by atoms with van der Waals surface area (Å²) in [4.78, 5) is 0.275. The Morgan fingerprint density at radius 3 is 2.54 bits per heavy atom. The molecule has 0 aliphatic carbocycles. The minimum Gasteiger partial charge on any atom is -0.316 e. The van der Waals surface area contributed by atoms with Gasteiger partial charge in [-0.05, 0) is 54.9 Å². The maximum atomic E-state index is 13.3. The van der Waals surface area contributed by atoms with Gasteiger partial charge in [-0.1, -0.05) is 12.1 Å². The topological polar surface area (TPSA) is 51.1 Å². The molecule has 1 N–H and O–H groups in total. The molecule has 0 bridgehead atoms. The Labute approximate surface area is 151 Å². The van der Waals surface area contributed by atoms with Crippen molar-refractivity contribution in [3.8, 4) is 5.69 Å². The first-order valence-electron chi connectivity index (χ1n) is 8.45. The lowest BCUT2D eigenvalue weighted by Crippen LogP contribution is -2.19. The number of hydrogen-bond donors (Lipinski definition) is 1. The van der Waals surface area contributed by atoms with Crippen molar-refractivity contribution in [2.45, 2.75) is 11.3 Å². The molecule has 1 aliphatic heterocycles. The molecule has 26 heavy (non-hydrogen) atoms. The number of nitrogens with one attached hydrogen (secondary N) is 1. The molecule has 0 unspecified atom stereocenters. The first kappa shape index (κ1) is 17.0. The third-order valence-corrected chi connectivity index (χ3v) is 5.83. The van der Waals surface area contributed by atoms with Gasteiger partial charge < -0.3 is 9.88 Å². The average molecular weight is 370 g/mol. The lowest BCUT2D eigenvalue weighted by molar-refractivity contribution is 0.602. The van der Waals surface area contributed by atoms with Crippen LogP contribution in [0.2, 0.25) is 0 Å². The van der Waals surface area contributed by atoms with Crippen LogP contribution in [-0.2, 0) is 9.84 Å². The fourth-order valence-electron chi connectivity index (χ4n) is 3.38. The van der Waals surface area contributed by atoms with Crippen molar-refractivity contribution < 1.29 is 12.8 Å². The van der Waals surface area contributed by atoms with E-state index in [4.69, 9.17) is 0 Å². The third kappa shape index (κ3) is 3.06. The summed E-state index contributed by atoms with van der Waals surface area (Å²) in [6.07, 6.45) is 6.30. The fourth-order valence-corrected chi connectivity index (χ4v) is 4.02. The Kier molecular flexibility index (Phi) is 4.17. The molecule has 0 spiro atoms. The SMILES string of the molecule is CS(=O)(=O)c1ccc2c(C3=CCNCC3)cn(-c3ccc(F)cc3)c2c1. The highest BCUT2D eigenvalue weighted by atomic mass is 32.2. The number of fused-ring (bicyclic) bond motifs is 1. The zero-order valence-corrected chi connectivity index (χ0v) is 15.2. The second kappa shape index (κ2) is 6.37. The lowest BCUT2D eigenvalue weighted by atomic mass is 10.00. The largest absolute Gasteiger partial charge is 0.316 e. The molecule has 134 valence electrons. The van der Waals surface area contributed by atoms with Gasteiger partial charge in [-0.15, -0.1) is 0 Å². The van der Waals surface area contributed by atoms with Crippen LogP contribution in [0.15, 0.2) is 59.6 Å². The lowest BCUT2D eigenvalue weighted by Gasteiger charge is -2.13. The van der Waals surface area contributed by atoms with Gasteiger partial charge in [0.05, 0.1) is 10.4 Å². The van der Waals surface area contributed by atoms with Crippen LogP contribution in [0.25, 0.3) is 22.2 Å². The van der Waals surface area contributed by atoms with Crippen molar-refractivity contribution in [2.75, 3.05) is 19.3 Å². The van der Waals surface area contributed by atoms with Gasteiger partial charge in [0.25, 0.3) is 0 Å². The Hall–Kier alpha value is -2.44. The zero-order valence-electron chi connectivity index (χ0n) is 14.4. The zero-order chi connectivity index (χ0) is 18.3. The molecule has 1 aliphatic rings. The third-order valence-electron chi connectivity index (χ3n) is 4.72. The number of benzene rings is 2. The monoisotopic (exact) mass is 370 g/mol. The first-order chi connectivity index (χ1) is 12.4. The van der Waals surface area contributed by atoms with Gasteiger partial charge in [-0.2, -0.15) is 0 Å². The number of rotatable bonds is 3. The molecule has 1 aromatic heterocycles. The summed E-state index contributed by atoms with van der Waals surface area (Å²) in [6.45, 7) is 1.73. The highest BCUT2D eigenvalue weighted by Crippen LogP contribution is 2.33. The van der Waals surface area contributed by atoms with Crippen molar-refractivity contribution in [3.05, 3.63) is 66.1 Å². The van der Waals surface area contributed by atoms with Crippen molar-refractivity contribution in [1.29, 1.82) is 0 Å². The van der Waals surface area contributed by atoms with E-state index in [1.54, 1.807) is 24.3 Å². The Balaban J connectivity index is 1.99. The van der Waals surface area contributed by atoms with E-state index >= 15 is 0 Å². The first-order valence-corrected chi connectivity index (χ1v) is 10.3. The average Bonchev–Trinajstić information content (AvgIpc) is 3.01. The van der Waals surface area contributed by atoms with Crippen LogP contribution in [0.4, 0.5) is 4.39 Å². The second-order valence-corrected chi connectivity index (χ2v) is 8.54. The summed E-state index contributed by atoms with van der Waals surface area (Å²) in [7, 11) is -3.31. The van der Waals surface area contributed by atoms with Gasteiger partial charge in [-0.3, -0.25) is 0 Å². The van der Waals surface area contributed by atoms with Gasteiger partial charge in [0.2, 0.25) is 0 Å². The Morgan fingerprint density at radius 2 is 1.88 bits per heavy atom. The summed E-state index contributed by atoms with van der Waals surface area (Å²) in [5.74, 6) is -0.302. The van der Waals surface area contributed by atoms with E-state index in [1.165, 1.54) is 24.0 Å². The highest BCUT2D eigenvalue weighted by molar-refractivity contribution is 7.90. The van der Waals surface area contributed by atoms with Crippen molar-refractivity contribution in [1.82, 2.24) is 9.88 Å². The quantitative estimate of drug-likeness (QED) is 0.767. The molecule has 2 heterocycles. The van der Waals surface area contributed by atoms with Crippen LogP contribution < -0.4 is 5.32 Å². The predicted octanol–water partition coefficient (Wildman–Crippen LogP) is 3.55. The summed E-state index contributed by atoms with van der Waals surface area (Å²) >= 11 is 0. The van der Waals surface area contributed by atoms with E-state index in [1.807, 2.05) is 16.8 Å². The van der Waals surface area contributed by atoms with E-state index in [9.17, 15) is 12.8 Å². The number of hydrogen-bond acceptors (Lipinski definition) is 3. The molecule has 4 nitrogen and oxygen atoms in total. The molecule has 3 aromatic rings. The molecule has 2 aromatic carbocycles. The Morgan fingerprint density at radius 1 is 1.12 bits per heavy atom. The molecule has 6 heteroatoms. The predicted molar refractivity (Wildman–Crippen MR) is 102 cm³/mol. The minimum atomic E-state index is -3.31. The van der Waals surface area contributed by atoms with Crippen LogP contribution in [0.3, 0.4) is 0 Å². The highest BCUT2D eigenvalue weighted by Gasteiger charge is 2.17. The van der Waals surface area contributed by atoms with Crippen LogP contribution in [0.5, 0.6) is 0 Å². The van der Waals surface area contributed by atoms with Gasteiger partial charge >= 0.3 is 0 Å². The summed E-state index contributed by atoms with van der Waals surface area (Å²) in [5, 5.41) is 4.30. The van der Waals surface area contributed by atoms with Crippen LogP contribution in [0, 0.1) is 5.82 Å². The smallest absolute Gasteiger partial charge is 0.175 e. The van der Waals surface area contributed by atoms with Crippen LogP contribution >= 0.6 is 0 Å². The van der Waals surface area contributed by atoms with Crippen LogP contribution in [-0.4, -0.2) is 32.3 Å². The molecular weight excluding hydrogens is 351 g/mol. The number of aromatic nitrogens is 1. The molecule has 0 radical (unpaired) electrons. The summed E-state index contributed by atoms with van der Waals surface area (Å²) in [6, 6.07) is 11.4. The van der Waals surface area contributed by atoms with Gasteiger partial charge in [-0.25, -0.2) is 12.8 Å². The van der Waals surface area contributed by atoms with E-state index in [2.05, 4.69) is 11.4 Å². The number of halogens is 1. The van der Waals surface area contributed by atoms with E-state index < -0.39 is 9.84 Å². The van der Waals surface area contributed by atoms with Crippen molar-refractivity contribution in [3.63, 3.8) is 0 Å². The molecule has 0 fully saturated rings. The molecule has 4 rings (SSSR count). The maximum absolute atomic E-state index is 13.3. The molecule has 0 atom stereocenters. The Bertz CT molecular complexity index is 1110. The maximum Gasteiger partial charge on any atom is 0.175 e.